The predicted molar refractivity (Wildman–Crippen MR) is 93.1 cm³/mol. The highest BCUT2D eigenvalue weighted by atomic mass is 79.9. The van der Waals surface area contributed by atoms with Crippen LogP contribution < -0.4 is 14.4 Å². The van der Waals surface area contributed by atoms with Crippen LogP contribution in [0.25, 0.3) is 0 Å². The number of anilines is 1. The molecule has 0 spiro atoms. The molecule has 5 heteroatoms. The number of ether oxygens (including phenoxy) is 2. The zero-order chi connectivity index (χ0) is 16.2. The number of amides is 1. The van der Waals surface area contributed by atoms with Crippen molar-refractivity contribution in [3.05, 3.63) is 52.5 Å². The van der Waals surface area contributed by atoms with Crippen LogP contribution >= 0.6 is 15.9 Å². The fraction of sp³-hybridized carbons (Fsp3) is 0.278. The third kappa shape index (κ3) is 3.67. The highest BCUT2D eigenvalue weighted by Gasteiger charge is 2.21. The minimum atomic E-state index is 0.196. The molecule has 2 aromatic carbocycles. The fourth-order valence-corrected chi connectivity index (χ4v) is 3.20. The van der Waals surface area contributed by atoms with Crippen LogP contribution in [0.5, 0.6) is 11.5 Å². The molecule has 0 N–H and O–H groups in total. The predicted octanol–water partition coefficient (Wildman–Crippen LogP) is 4.16. The van der Waals surface area contributed by atoms with E-state index in [0.29, 0.717) is 13.0 Å². The molecule has 0 saturated carbocycles. The number of methoxy groups -OCH3 is 1. The van der Waals surface area contributed by atoms with Crippen molar-refractivity contribution in [3.8, 4) is 11.5 Å². The van der Waals surface area contributed by atoms with Gasteiger partial charge in [0.25, 0.3) is 0 Å². The first-order valence-electron chi connectivity index (χ1n) is 7.53. The Morgan fingerprint density at radius 2 is 1.96 bits per heavy atom. The molecule has 1 amide bonds. The summed E-state index contributed by atoms with van der Waals surface area (Å²) in [7, 11) is 1.64. The molecule has 1 fully saturated rings. The Morgan fingerprint density at radius 3 is 2.57 bits per heavy atom. The normalized spacial score (nSPS) is 14.2. The average molecular weight is 376 g/mol. The maximum atomic E-state index is 11.7. The summed E-state index contributed by atoms with van der Waals surface area (Å²) in [4.78, 5) is 13.6. The summed E-state index contributed by atoms with van der Waals surface area (Å²) in [5.74, 6) is 1.78. The molecule has 1 aliphatic rings. The molecule has 2 aromatic rings. The molecule has 0 unspecified atom stereocenters. The lowest BCUT2D eigenvalue weighted by atomic mass is 10.2. The van der Waals surface area contributed by atoms with E-state index in [1.165, 1.54) is 0 Å². The molecule has 0 atom stereocenters. The van der Waals surface area contributed by atoms with Gasteiger partial charge in [0.15, 0.2) is 0 Å². The Hall–Kier alpha value is -2.01. The van der Waals surface area contributed by atoms with Gasteiger partial charge in [-0.05, 0) is 64.3 Å². The summed E-state index contributed by atoms with van der Waals surface area (Å²) in [6, 6.07) is 13.5. The maximum absolute atomic E-state index is 11.7. The van der Waals surface area contributed by atoms with E-state index in [2.05, 4.69) is 15.9 Å². The fourth-order valence-electron chi connectivity index (χ4n) is 2.61. The van der Waals surface area contributed by atoms with Crippen LogP contribution in [0.2, 0.25) is 0 Å². The van der Waals surface area contributed by atoms with Gasteiger partial charge in [-0.2, -0.15) is 0 Å². The Labute approximate surface area is 144 Å². The zero-order valence-corrected chi connectivity index (χ0v) is 14.5. The number of nitrogens with zero attached hydrogens (tertiary/aromatic N) is 1. The second-order valence-corrected chi connectivity index (χ2v) is 6.25. The van der Waals surface area contributed by atoms with Gasteiger partial charge in [-0.15, -0.1) is 0 Å². The minimum Gasteiger partial charge on any atom is -0.496 e. The summed E-state index contributed by atoms with van der Waals surface area (Å²) >= 11 is 3.47. The van der Waals surface area contributed by atoms with Crippen molar-refractivity contribution < 1.29 is 14.3 Å². The highest BCUT2D eigenvalue weighted by Crippen LogP contribution is 2.27. The topological polar surface area (TPSA) is 38.8 Å². The van der Waals surface area contributed by atoms with Gasteiger partial charge in [-0.1, -0.05) is 6.07 Å². The third-order valence-corrected chi connectivity index (χ3v) is 4.46. The second-order valence-electron chi connectivity index (χ2n) is 5.40. The Balaban J connectivity index is 1.62. The van der Waals surface area contributed by atoms with E-state index >= 15 is 0 Å². The van der Waals surface area contributed by atoms with E-state index in [9.17, 15) is 4.79 Å². The smallest absolute Gasteiger partial charge is 0.227 e. The molecule has 23 heavy (non-hydrogen) atoms. The van der Waals surface area contributed by atoms with Crippen molar-refractivity contribution in [2.45, 2.75) is 19.4 Å². The van der Waals surface area contributed by atoms with Crippen LogP contribution in [0.15, 0.2) is 46.9 Å². The number of halogens is 1. The van der Waals surface area contributed by atoms with Crippen LogP contribution in [0.1, 0.15) is 18.4 Å². The van der Waals surface area contributed by atoms with Crippen LogP contribution in [0.3, 0.4) is 0 Å². The van der Waals surface area contributed by atoms with Crippen LogP contribution in [0.4, 0.5) is 5.69 Å². The molecule has 0 aliphatic carbocycles. The van der Waals surface area contributed by atoms with Crippen molar-refractivity contribution in [3.63, 3.8) is 0 Å². The Morgan fingerprint density at radius 1 is 1.17 bits per heavy atom. The molecule has 1 heterocycles. The van der Waals surface area contributed by atoms with Gasteiger partial charge in [-0.25, -0.2) is 0 Å². The molecule has 120 valence electrons. The summed E-state index contributed by atoms with van der Waals surface area (Å²) < 4.78 is 11.9. The minimum absolute atomic E-state index is 0.196. The van der Waals surface area contributed by atoms with Crippen LogP contribution in [-0.2, 0) is 11.4 Å². The lowest BCUT2D eigenvalue weighted by molar-refractivity contribution is -0.117. The molecular weight excluding hydrogens is 358 g/mol. The van der Waals surface area contributed by atoms with E-state index in [1.807, 2.05) is 47.4 Å². The third-order valence-electron chi connectivity index (χ3n) is 3.84. The van der Waals surface area contributed by atoms with Gasteiger partial charge in [0.2, 0.25) is 5.91 Å². The second kappa shape index (κ2) is 7.04. The Kier molecular flexibility index (Phi) is 4.86. The van der Waals surface area contributed by atoms with Crippen molar-refractivity contribution in [2.24, 2.45) is 0 Å². The Bertz CT molecular complexity index is 700. The van der Waals surface area contributed by atoms with E-state index in [-0.39, 0.29) is 5.91 Å². The van der Waals surface area contributed by atoms with Crippen molar-refractivity contribution in [1.82, 2.24) is 0 Å². The van der Waals surface area contributed by atoms with Gasteiger partial charge in [0, 0.05) is 18.7 Å². The van der Waals surface area contributed by atoms with Crippen molar-refractivity contribution in [1.29, 1.82) is 0 Å². The van der Waals surface area contributed by atoms with Crippen LogP contribution in [-0.4, -0.2) is 19.6 Å². The standard InChI is InChI=1S/C18H18BrNO3/c1-22-17-9-4-13(11-16(17)19)12-23-15-7-5-14(6-8-15)20-10-2-3-18(20)21/h4-9,11H,2-3,10,12H2,1H3. The molecular formula is C18H18BrNO3. The molecule has 4 nitrogen and oxygen atoms in total. The SMILES string of the molecule is COc1ccc(COc2ccc(N3CCCC3=O)cc2)cc1Br. The quantitative estimate of drug-likeness (QED) is 0.787. The first-order valence-corrected chi connectivity index (χ1v) is 8.32. The van der Waals surface area contributed by atoms with Gasteiger partial charge in [-0.3, -0.25) is 4.79 Å². The van der Waals surface area contributed by atoms with Gasteiger partial charge >= 0.3 is 0 Å². The zero-order valence-electron chi connectivity index (χ0n) is 12.9. The number of hydrogen-bond acceptors (Lipinski definition) is 3. The summed E-state index contributed by atoms with van der Waals surface area (Å²) in [5, 5.41) is 0. The largest absolute Gasteiger partial charge is 0.496 e. The lowest BCUT2D eigenvalue weighted by Crippen LogP contribution is -2.23. The summed E-state index contributed by atoms with van der Waals surface area (Å²) in [5.41, 5.74) is 1.99. The van der Waals surface area contributed by atoms with Gasteiger partial charge < -0.3 is 14.4 Å². The number of rotatable bonds is 5. The molecule has 0 radical (unpaired) electrons. The van der Waals surface area contributed by atoms with E-state index < -0.39 is 0 Å². The summed E-state index contributed by atoms with van der Waals surface area (Å²) in [6.07, 6.45) is 1.58. The average Bonchev–Trinajstić information content (AvgIpc) is 2.99. The molecule has 3 rings (SSSR count). The monoisotopic (exact) mass is 375 g/mol. The number of benzene rings is 2. The van der Waals surface area contributed by atoms with E-state index in [1.54, 1.807) is 7.11 Å². The van der Waals surface area contributed by atoms with Crippen molar-refractivity contribution >= 4 is 27.5 Å². The molecule has 0 bridgehead atoms. The van der Waals surface area contributed by atoms with Gasteiger partial charge in [0.05, 0.1) is 11.6 Å². The number of carbonyl (C=O) groups excluding carboxylic acids is 1. The van der Waals surface area contributed by atoms with E-state index in [4.69, 9.17) is 9.47 Å². The summed E-state index contributed by atoms with van der Waals surface area (Å²) in [6.45, 7) is 1.28. The number of carbonyl (C=O) groups is 1. The molecule has 1 saturated heterocycles. The van der Waals surface area contributed by atoms with Crippen molar-refractivity contribution in [2.75, 3.05) is 18.6 Å². The molecule has 0 aromatic heterocycles. The first kappa shape index (κ1) is 15.9. The highest BCUT2D eigenvalue weighted by molar-refractivity contribution is 9.10. The van der Waals surface area contributed by atoms with Crippen LogP contribution in [0, 0.1) is 0 Å². The maximum Gasteiger partial charge on any atom is 0.227 e. The van der Waals surface area contributed by atoms with E-state index in [0.717, 1.165) is 40.2 Å². The van der Waals surface area contributed by atoms with Gasteiger partial charge in [0.1, 0.15) is 18.1 Å². The number of hydrogen-bond donors (Lipinski definition) is 0. The molecule has 1 aliphatic heterocycles. The lowest BCUT2D eigenvalue weighted by Gasteiger charge is -2.16. The first-order chi connectivity index (χ1) is 11.2.